The van der Waals surface area contributed by atoms with Gasteiger partial charge in [0, 0.05) is 26.1 Å². The van der Waals surface area contributed by atoms with E-state index < -0.39 is 23.5 Å². The molecule has 1 N–H and O–H groups in total. The van der Waals surface area contributed by atoms with Crippen molar-refractivity contribution in [2.75, 3.05) is 19.6 Å². The molecule has 0 saturated carbocycles. The molecule has 7 heteroatoms. The van der Waals surface area contributed by atoms with E-state index in [1.807, 2.05) is 11.8 Å². The number of likely N-dealkylation sites (tertiary alicyclic amines) is 1. The minimum absolute atomic E-state index is 0.104. The molecule has 1 atom stereocenters. The number of piperidine rings is 1. The molecule has 0 unspecified atom stereocenters. The smallest absolute Gasteiger partial charge is 0.393 e. The van der Waals surface area contributed by atoms with Gasteiger partial charge in [-0.1, -0.05) is 13.0 Å². The summed E-state index contributed by atoms with van der Waals surface area (Å²) in [6.45, 7) is 3.40. The van der Waals surface area contributed by atoms with Crippen LogP contribution < -0.4 is 0 Å². The van der Waals surface area contributed by atoms with E-state index in [0.717, 1.165) is 6.07 Å². The third-order valence-corrected chi connectivity index (χ3v) is 4.58. The Labute approximate surface area is 144 Å². The van der Waals surface area contributed by atoms with Crippen LogP contribution in [0.2, 0.25) is 0 Å². The molecule has 1 aromatic carbocycles. The van der Waals surface area contributed by atoms with Crippen molar-refractivity contribution in [1.82, 2.24) is 4.90 Å². The quantitative estimate of drug-likeness (QED) is 0.785. The van der Waals surface area contributed by atoms with E-state index in [4.69, 9.17) is 0 Å². The molecule has 0 spiro atoms. The van der Waals surface area contributed by atoms with Gasteiger partial charge >= 0.3 is 6.18 Å². The number of hydrogen-bond donors (Lipinski definition) is 1. The highest BCUT2D eigenvalue weighted by molar-refractivity contribution is 5.86. The topological polar surface area (TPSA) is 40.5 Å². The van der Waals surface area contributed by atoms with Gasteiger partial charge in [0.15, 0.2) is 0 Å². The van der Waals surface area contributed by atoms with Crippen molar-refractivity contribution in [3.05, 3.63) is 35.1 Å². The Morgan fingerprint density at radius 2 is 1.96 bits per heavy atom. The van der Waals surface area contributed by atoms with Gasteiger partial charge in [-0.15, -0.1) is 0 Å². The van der Waals surface area contributed by atoms with Crippen LogP contribution in [0.5, 0.6) is 0 Å². The third-order valence-electron chi connectivity index (χ3n) is 4.58. The van der Waals surface area contributed by atoms with Crippen molar-refractivity contribution in [2.24, 2.45) is 0 Å². The third kappa shape index (κ3) is 5.25. The van der Waals surface area contributed by atoms with Crippen LogP contribution in [0, 0.1) is 5.82 Å². The van der Waals surface area contributed by atoms with Crippen LogP contribution in [0.1, 0.15) is 49.7 Å². The van der Waals surface area contributed by atoms with Gasteiger partial charge in [-0.25, -0.2) is 4.39 Å². The number of alkyl halides is 3. The molecular formula is C18H23F4NO2. The second-order valence-electron chi connectivity index (χ2n) is 6.54. The molecule has 0 aliphatic carbocycles. The first-order valence-electron chi connectivity index (χ1n) is 8.52. The molecule has 1 aliphatic heterocycles. The fraction of sp³-hybridized carbons (Fsp3) is 0.611. The minimum atomic E-state index is -4.76. The first kappa shape index (κ1) is 19.8. The summed E-state index contributed by atoms with van der Waals surface area (Å²) in [5.74, 6) is -2.12. The minimum Gasteiger partial charge on any atom is -0.393 e. The number of aliphatic hydroxyl groups excluding tert-OH is 1. The number of halogens is 4. The number of rotatable bonds is 6. The number of nitrogens with zero attached hydrogens (tertiary/aromatic N) is 1. The zero-order valence-corrected chi connectivity index (χ0v) is 14.2. The van der Waals surface area contributed by atoms with E-state index in [1.165, 1.54) is 6.07 Å². The van der Waals surface area contributed by atoms with Crippen LogP contribution in [0.15, 0.2) is 18.2 Å². The van der Waals surface area contributed by atoms with Gasteiger partial charge in [-0.2, -0.15) is 13.2 Å². The molecule has 1 saturated heterocycles. The second-order valence-corrected chi connectivity index (χ2v) is 6.54. The predicted octanol–water partition coefficient (Wildman–Crippen LogP) is 3.75. The van der Waals surface area contributed by atoms with Crippen LogP contribution in [0.4, 0.5) is 17.6 Å². The molecule has 1 aliphatic rings. The molecule has 1 aromatic rings. The number of carbonyl (C=O) groups is 1. The first-order chi connectivity index (χ1) is 11.7. The van der Waals surface area contributed by atoms with Crippen LogP contribution in [-0.4, -0.2) is 41.5 Å². The molecule has 0 radical (unpaired) electrons. The number of benzene rings is 1. The van der Waals surface area contributed by atoms with E-state index in [2.05, 4.69) is 0 Å². The van der Waals surface area contributed by atoms with Gasteiger partial charge in [0.05, 0.1) is 17.6 Å². The van der Waals surface area contributed by atoms with Gasteiger partial charge < -0.3 is 10.0 Å². The zero-order valence-electron chi connectivity index (χ0n) is 14.2. The fourth-order valence-electron chi connectivity index (χ4n) is 3.15. The van der Waals surface area contributed by atoms with Crippen LogP contribution >= 0.6 is 0 Å². The molecule has 3 nitrogen and oxygen atoms in total. The van der Waals surface area contributed by atoms with Crippen molar-refractivity contribution in [1.29, 1.82) is 0 Å². The average molecular weight is 361 g/mol. The van der Waals surface area contributed by atoms with Gasteiger partial charge in [0.1, 0.15) is 11.6 Å². The summed E-state index contributed by atoms with van der Waals surface area (Å²) in [6, 6.07) is 2.74. The largest absolute Gasteiger partial charge is 0.419 e. The van der Waals surface area contributed by atoms with E-state index >= 15 is 0 Å². The maximum atomic E-state index is 13.9. The highest BCUT2D eigenvalue weighted by atomic mass is 19.4. The van der Waals surface area contributed by atoms with E-state index in [-0.39, 0.29) is 17.5 Å². The summed E-state index contributed by atoms with van der Waals surface area (Å²) in [7, 11) is 0. The Balaban J connectivity index is 2.23. The summed E-state index contributed by atoms with van der Waals surface area (Å²) in [5.41, 5.74) is -1.05. The molecule has 140 valence electrons. The molecule has 1 fully saturated rings. The van der Waals surface area contributed by atoms with Crippen molar-refractivity contribution in [2.45, 2.75) is 50.8 Å². The number of aliphatic hydroxyl groups is 1. The summed E-state index contributed by atoms with van der Waals surface area (Å²) in [4.78, 5) is 14.5. The zero-order chi connectivity index (χ0) is 18.6. The predicted molar refractivity (Wildman–Crippen MR) is 85.7 cm³/mol. The summed E-state index contributed by atoms with van der Waals surface area (Å²) in [5, 5.41) is 9.56. The number of carbonyl (C=O) groups excluding carboxylic acids is 1. The van der Waals surface area contributed by atoms with E-state index in [9.17, 15) is 27.5 Å². The first-order valence-corrected chi connectivity index (χ1v) is 8.52. The lowest BCUT2D eigenvalue weighted by molar-refractivity contribution is -0.140. The molecule has 25 heavy (non-hydrogen) atoms. The second kappa shape index (κ2) is 8.27. The van der Waals surface area contributed by atoms with Gasteiger partial charge in [-0.05, 0) is 37.0 Å². The molecule has 2 rings (SSSR count). The number of hydrogen-bond acceptors (Lipinski definition) is 3. The molecule has 0 amide bonds. The Morgan fingerprint density at radius 3 is 2.48 bits per heavy atom. The Kier molecular flexibility index (Phi) is 6.57. The molecule has 0 bridgehead atoms. The average Bonchev–Trinajstić information content (AvgIpc) is 2.53. The lowest BCUT2D eigenvalue weighted by Crippen LogP contribution is -2.39. The summed E-state index contributed by atoms with van der Waals surface area (Å²) >= 11 is 0. The van der Waals surface area contributed by atoms with Crippen molar-refractivity contribution < 1.29 is 27.5 Å². The van der Waals surface area contributed by atoms with Gasteiger partial charge in [0.25, 0.3) is 0 Å². The Bertz CT molecular complexity index is 595. The van der Waals surface area contributed by atoms with Crippen molar-refractivity contribution >= 4 is 5.78 Å². The van der Waals surface area contributed by atoms with Crippen LogP contribution in [0.25, 0.3) is 0 Å². The van der Waals surface area contributed by atoms with Crippen LogP contribution in [0.3, 0.4) is 0 Å². The molecule has 1 heterocycles. The normalized spacial score (nSPS) is 18.3. The van der Waals surface area contributed by atoms with Gasteiger partial charge in [0.2, 0.25) is 0 Å². The highest BCUT2D eigenvalue weighted by Crippen LogP contribution is 2.33. The van der Waals surface area contributed by atoms with Crippen molar-refractivity contribution in [3.8, 4) is 0 Å². The Hall–Kier alpha value is -1.47. The number of Topliss-reactive ketones (excluding diaryl/α,β-unsaturated/α-hetero) is 1. The number of ketones is 1. The SMILES string of the molecule is CCCC(=O)[C@H](CN1CCC(O)CC1)c1ccc(C(F)(F)F)c(F)c1. The standard InChI is InChI=1S/C18H23F4NO2/c1-2-3-17(25)14(11-23-8-6-13(24)7-9-23)12-4-5-15(16(19)10-12)18(20,21)22/h4-5,10,13-14,24H,2-3,6-9,11H2,1H3/t14-/m1/s1. The maximum Gasteiger partial charge on any atom is 0.419 e. The van der Waals surface area contributed by atoms with Crippen LogP contribution in [-0.2, 0) is 11.0 Å². The summed E-state index contributed by atoms with van der Waals surface area (Å²) < 4.78 is 52.1. The monoisotopic (exact) mass is 361 g/mol. The summed E-state index contributed by atoms with van der Waals surface area (Å²) in [6.07, 6.45) is -3.01. The fourth-order valence-corrected chi connectivity index (χ4v) is 3.15. The Morgan fingerprint density at radius 1 is 1.32 bits per heavy atom. The lowest BCUT2D eigenvalue weighted by atomic mass is 9.90. The van der Waals surface area contributed by atoms with Crippen molar-refractivity contribution in [3.63, 3.8) is 0 Å². The lowest BCUT2D eigenvalue weighted by Gasteiger charge is -2.32. The molecule has 0 aromatic heterocycles. The van der Waals surface area contributed by atoms with E-state index in [1.54, 1.807) is 0 Å². The highest BCUT2D eigenvalue weighted by Gasteiger charge is 2.35. The van der Waals surface area contributed by atoms with Gasteiger partial charge in [-0.3, -0.25) is 4.79 Å². The molecular weight excluding hydrogens is 338 g/mol. The maximum absolute atomic E-state index is 13.9. The van der Waals surface area contributed by atoms with E-state index in [0.29, 0.717) is 51.4 Å².